The average Bonchev–Trinajstić information content (AvgIpc) is 2.65. The lowest BCUT2D eigenvalue weighted by Gasteiger charge is -2.35. The molecule has 0 radical (unpaired) electrons. The first-order chi connectivity index (χ1) is 10.1. The molecule has 0 aromatic heterocycles. The predicted octanol–water partition coefficient (Wildman–Crippen LogP) is 4.69. The van der Waals surface area contributed by atoms with Crippen molar-refractivity contribution in [2.75, 3.05) is 32.7 Å². The van der Waals surface area contributed by atoms with E-state index in [0.29, 0.717) is 5.41 Å². The fraction of sp³-hybridized carbons (Fsp3) is 1.00. The van der Waals surface area contributed by atoms with E-state index in [0.717, 1.165) is 12.5 Å². The summed E-state index contributed by atoms with van der Waals surface area (Å²) in [6.45, 7) is 15.7. The minimum Gasteiger partial charge on any atom is -0.316 e. The molecule has 1 aliphatic heterocycles. The van der Waals surface area contributed by atoms with E-state index in [1.165, 1.54) is 77.5 Å². The lowest BCUT2D eigenvalue weighted by Crippen LogP contribution is -2.43. The maximum Gasteiger partial charge on any atom is 0.00475 e. The van der Waals surface area contributed by atoms with Crippen molar-refractivity contribution >= 4 is 0 Å². The van der Waals surface area contributed by atoms with Gasteiger partial charge in [-0.25, -0.2) is 0 Å². The normalized spacial score (nSPS) is 23.7. The Labute approximate surface area is 134 Å². The van der Waals surface area contributed by atoms with Gasteiger partial charge in [-0.05, 0) is 63.1 Å². The van der Waals surface area contributed by atoms with Crippen molar-refractivity contribution in [3.8, 4) is 0 Å². The maximum absolute atomic E-state index is 3.67. The Morgan fingerprint density at radius 2 is 1.86 bits per heavy atom. The van der Waals surface area contributed by atoms with E-state index >= 15 is 0 Å². The summed E-state index contributed by atoms with van der Waals surface area (Å²) >= 11 is 0. The molecule has 21 heavy (non-hydrogen) atoms. The first kappa shape index (κ1) is 19.0. The van der Waals surface area contributed by atoms with E-state index in [-0.39, 0.29) is 0 Å². The van der Waals surface area contributed by atoms with Crippen LogP contribution in [-0.4, -0.2) is 37.6 Å². The first-order valence-corrected chi connectivity index (χ1v) is 9.56. The molecule has 0 bridgehead atoms. The van der Waals surface area contributed by atoms with Crippen molar-refractivity contribution in [2.24, 2.45) is 11.3 Å². The van der Waals surface area contributed by atoms with Crippen molar-refractivity contribution in [2.45, 2.75) is 79.1 Å². The second-order valence-electron chi connectivity index (χ2n) is 7.60. The van der Waals surface area contributed by atoms with E-state index in [4.69, 9.17) is 0 Å². The van der Waals surface area contributed by atoms with E-state index < -0.39 is 0 Å². The van der Waals surface area contributed by atoms with E-state index in [1.807, 2.05) is 0 Å². The molecular formula is C19H40N2. The minimum atomic E-state index is 0.453. The molecule has 2 nitrogen and oxygen atoms in total. The monoisotopic (exact) mass is 296 g/mol. The van der Waals surface area contributed by atoms with Crippen LogP contribution in [0.3, 0.4) is 0 Å². The quantitative estimate of drug-likeness (QED) is 0.588. The van der Waals surface area contributed by atoms with Crippen LogP contribution in [0.15, 0.2) is 0 Å². The fourth-order valence-electron chi connectivity index (χ4n) is 4.01. The van der Waals surface area contributed by atoms with Gasteiger partial charge < -0.3 is 10.2 Å². The SMILES string of the molecule is CCCNCC(C)(CCC)CN1CCCC(CCC)CC1. The third kappa shape index (κ3) is 7.65. The summed E-state index contributed by atoms with van der Waals surface area (Å²) in [7, 11) is 0. The topological polar surface area (TPSA) is 15.3 Å². The Morgan fingerprint density at radius 3 is 2.52 bits per heavy atom. The molecule has 0 aliphatic carbocycles. The van der Waals surface area contributed by atoms with Crippen molar-refractivity contribution in [1.29, 1.82) is 0 Å². The largest absolute Gasteiger partial charge is 0.316 e. The van der Waals surface area contributed by atoms with E-state index in [1.54, 1.807) is 0 Å². The molecule has 2 atom stereocenters. The zero-order valence-corrected chi connectivity index (χ0v) is 15.2. The third-order valence-electron chi connectivity index (χ3n) is 5.07. The smallest absolute Gasteiger partial charge is 0.00475 e. The highest BCUT2D eigenvalue weighted by molar-refractivity contribution is 4.82. The molecule has 1 fully saturated rings. The van der Waals surface area contributed by atoms with Gasteiger partial charge in [0.05, 0.1) is 0 Å². The molecule has 126 valence electrons. The van der Waals surface area contributed by atoms with Gasteiger partial charge in [-0.1, -0.05) is 47.0 Å². The van der Waals surface area contributed by atoms with E-state index in [9.17, 15) is 0 Å². The lowest BCUT2D eigenvalue weighted by molar-refractivity contribution is 0.151. The molecule has 1 saturated heterocycles. The van der Waals surface area contributed by atoms with Crippen LogP contribution < -0.4 is 5.32 Å². The van der Waals surface area contributed by atoms with Crippen LogP contribution >= 0.6 is 0 Å². The van der Waals surface area contributed by atoms with Crippen molar-refractivity contribution in [3.63, 3.8) is 0 Å². The minimum absolute atomic E-state index is 0.453. The van der Waals surface area contributed by atoms with Gasteiger partial charge in [0.1, 0.15) is 0 Å². The summed E-state index contributed by atoms with van der Waals surface area (Å²) in [4.78, 5) is 2.76. The van der Waals surface area contributed by atoms with Crippen LogP contribution in [-0.2, 0) is 0 Å². The summed E-state index contributed by atoms with van der Waals surface area (Å²) < 4.78 is 0. The molecule has 0 aromatic rings. The lowest BCUT2D eigenvalue weighted by atomic mass is 9.84. The number of nitrogens with one attached hydrogen (secondary N) is 1. The Morgan fingerprint density at radius 1 is 1.05 bits per heavy atom. The molecule has 1 heterocycles. The zero-order valence-electron chi connectivity index (χ0n) is 15.2. The Kier molecular flexibility index (Phi) is 9.59. The highest BCUT2D eigenvalue weighted by Crippen LogP contribution is 2.27. The number of nitrogens with zero attached hydrogens (tertiary/aromatic N) is 1. The fourth-order valence-corrected chi connectivity index (χ4v) is 4.01. The number of hydrogen-bond donors (Lipinski definition) is 1. The van der Waals surface area contributed by atoms with E-state index in [2.05, 4.69) is 37.9 Å². The molecule has 0 amide bonds. The van der Waals surface area contributed by atoms with Gasteiger partial charge in [-0.2, -0.15) is 0 Å². The molecule has 0 aromatic carbocycles. The molecule has 1 rings (SSSR count). The van der Waals surface area contributed by atoms with Crippen LogP contribution in [0.5, 0.6) is 0 Å². The number of rotatable bonds is 10. The van der Waals surface area contributed by atoms with Crippen LogP contribution in [0.1, 0.15) is 79.1 Å². The average molecular weight is 297 g/mol. The Balaban J connectivity index is 2.45. The summed E-state index contributed by atoms with van der Waals surface area (Å²) in [5.41, 5.74) is 0.453. The second kappa shape index (κ2) is 10.6. The molecule has 1 N–H and O–H groups in total. The Bertz CT molecular complexity index is 254. The zero-order chi connectivity index (χ0) is 15.6. The highest BCUT2D eigenvalue weighted by atomic mass is 15.1. The number of hydrogen-bond acceptors (Lipinski definition) is 2. The Hall–Kier alpha value is -0.0800. The summed E-state index contributed by atoms with van der Waals surface area (Å²) in [6, 6.07) is 0. The van der Waals surface area contributed by atoms with Crippen LogP contribution in [0.2, 0.25) is 0 Å². The summed E-state index contributed by atoms with van der Waals surface area (Å²) in [5.74, 6) is 0.996. The van der Waals surface area contributed by atoms with Crippen LogP contribution in [0, 0.1) is 11.3 Å². The van der Waals surface area contributed by atoms with Crippen molar-refractivity contribution < 1.29 is 0 Å². The molecule has 2 unspecified atom stereocenters. The predicted molar refractivity (Wildman–Crippen MR) is 94.9 cm³/mol. The van der Waals surface area contributed by atoms with Crippen molar-refractivity contribution in [3.05, 3.63) is 0 Å². The maximum atomic E-state index is 3.67. The van der Waals surface area contributed by atoms with Gasteiger partial charge >= 0.3 is 0 Å². The molecule has 2 heteroatoms. The van der Waals surface area contributed by atoms with Gasteiger partial charge in [0, 0.05) is 13.1 Å². The number of likely N-dealkylation sites (tertiary alicyclic amines) is 1. The molecular weight excluding hydrogens is 256 g/mol. The standard InChI is InChI=1S/C19H40N2/c1-5-9-18-10-8-14-21(15-11-18)17-19(4,12-6-2)16-20-13-7-3/h18,20H,5-17H2,1-4H3. The van der Waals surface area contributed by atoms with Crippen LogP contribution in [0.25, 0.3) is 0 Å². The molecule has 1 aliphatic rings. The summed E-state index contributed by atoms with van der Waals surface area (Å²) in [6.07, 6.45) is 11.0. The first-order valence-electron chi connectivity index (χ1n) is 9.56. The highest BCUT2D eigenvalue weighted by Gasteiger charge is 2.27. The summed E-state index contributed by atoms with van der Waals surface area (Å²) in [5, 5.41) is 3.67. The van der Waals surface area contributed by atoms with Gasteiger partial charge in [-0.15, -0.1) is 0 Å². The molecule has 0 spiro atoms. The van der Waals surface area contributed by atoms with Crippen LogP contribution in [0.4, 0.5) is 0 Å². The van der Waals surface area contributed by atoms with Gasteiger partial charge in [0.15, 0.2) is 0 Å². The van der Waals surface area contributed by atoms with Gasteiger partial charge in [0.25, 0.3) is 0 Å². The molecule has 0 saturated carbocycles. The van der Waals surface area contributed by atoms with Gasteiger partial charge in [-0.3, -0.25) is 0 Å². The van der Waals surface area contributed by atoms with Crippen molar-refractivity contribution in [1.82, 2.24) is 10.2 Å². The second-order valence-corrected chi connectivity index (χ2v) is 7.60. The third-order valence-corrected chi connectivity index (χ3v) is 5.07. The van der Waals surface area contributed by atoms with Gasteiger partial charge in [0.2, 0.25) is 0 Å².